The van der Waals surface area contributed by atoms with Crippen LogP contribution in [0.2, 0.25) is 0 Å². The minimum atomic E-state index is -3.47. The standard InChI is InChI=1S/C13H24N4O3S/c1-11-13(12(2)16(3)15-11)21(18,19)14-5-4-6-17-7-9-20-10-8-17/h14H,4-10H2,1-3H3/p+1. The lowest BCUT2D eigenvalue weighted by Crippen LogP contribution is -3.14. The average Bonchev–Trinajstić information content (AvgIpc) is 2.70. The summed E-state index contributed by atoms with van der Waals surface area (Å²) < 4.78 is 34.3. The maximum absolute atomic E-state index is 12.3. The quantitative estimate of drug-likeness (QED) is 0.634. The van der Waals surface area contributed by atoms with Gasteiger partial charge in [0.15, 0.2) is 0 Å². The fourth-order valence-electron chi connectivity index (χ4n) is 2.67. The second kappa shape index (κ2) is 6.87. The second-order valence-corrected chi connectivity index (χ2v) is 7.19. The van der Waals surface area contributed by atoms with Gasteiger partial charge >= 0.3 is 0 Å². The van der Waals surface area contributed by atoms with Gasteiger partial charge in [0.05, 0.1) is 31.1 Å². The summed E-state index contributed by atoms with van der Waals surface area (Å²) in [4.78, 5) is 1.79. The van der Waals surface area contributed by atoms with Crippen molar-refractivity contribution in [3.05, 3.63) is 11.4 Å². The van der Waals surface area contributed by atoms with Crippen molar-refractivity contribution in [3.8, 4) is 0 Å². The van der Waals surface area contributed by atoms with Crippen molar-refractivity contribution in [2.45, 2.75) is 25.2 Å². The number of morpholine rings is 1. The first-order valence-electron chi connectivity index (χ1n) is 7.33. The van der Waals surface area contributed by atoms with Crippen LogP contribution >= 0.6 is 0 Å². The lowest BCUT2D eigenvalue weighted by Gasteiger charge is -2.23. The zero-order chi connectivity index (χ0) is 15.5. The van der Waals surface area contributed by atoms with Crippen molar-refractivity contribution in [2.75, 3.05) is 39.4 Å². The third-order valence-corrected chi connectivity index (χ3v) is 5.62. The molecule has 0 amide bonds. The Balaban J connectivity index is 1.86. The number of nitrogens with zero attached hydrogens (tertiary/aromatic N) is 2. The van der Waals surface area contributed by atoms with Gasteiger partial charge in [0.2, 0.25) is 10.0 Å². The molecule has 2 heterocycles. The fraction of sp³-hybridized carbons (Fsp3) is 0.769. The molecule has 21 heavy (non-hydrogen) atoms. The zero-order valence-corrected chi connectivity index (χ0v) is 13.8. The first-order chi connectivity index (χ1) is 9.92. The van der Waals surface area contributed by atoms with Gasteiger partial charge in [-0.25, -0.2) is 13.1 Å². The first-order valence-corrected chi connectivity index (χ1v) is 8.81. The number of sulfonamides is 1. The van der Waals surface area contributed by atoms with Gasteiger partial charge in [-0.3, -0.25) is 4.68 Å². The van der Waals surface area contributed by atoms with Gasteiger partial charge in [-0.05, 0) is 13.8 Å². The molecule has 1 aromatic rings. The van der Waals surface area contributed by atoms with Crippen molar-refractivity contribution in [3.63, 3.8) is 0 Å². The van der Waals surface area contributed by atoms with Crippen LogP contribution in [-0.2, 0) is 21.8 Å². The number of ether oxygens (including phenoxy) is 1. The van der Waals surface area contributed by atoms with Crippen LogP contribution in [0.3, 0.4) is 0 Å². The highest BCUT2D eigenvalue weighted by atomic mass is 32.2. The Bertz CT molecular complexity index is 576. The van der Waals surface area contributed by atoms with Crippen LogP contribution < -0.4 is 9.62 Å². The van der Waals surface area contributed by atoms with Crippen LogP contribution in [0.25, 0.3) is 0 Å². The molecule has 1 saturated heterocycles. The third-order valence-electron chi connectivity index (χ3n) is 3.91. The maximum Gasteiger partial charge on any atom is 0.244 e. The molecule has 1 aliphatic rings. The predicted octanol–water partition coefficient (Wildman–Crippen LogP) is -1.38. The first kappa shape index (κ1) is 16.4. The molecule has 0 radical (unpaired) electrons. The van der Waals surface area contributed by atoms with E-state index in [0.717, 1.165) is 39.3 Å². The number of aryl methyl sites for hydroxylation is 2. The van der Waals surface area contributed by atoms with E-state index in [1.165, 1.54) is 4.90 Å². The average molecular weight is 317 g/mol. The fourth-order valence-corrected chi connectivity index (χ4v) is 4.18. The number of aromatic nitrogens is 2. The van der Waals surface area contributed by atoms with E-state index in [9.17, 15) is 8.42 Å². The number of quaternary nitrogens is 1. The van der Waals surface area contributed by atoms with E-state index in [2.05, 4.69) is 9.82 Å². The van der Waals surface area contributed by atoms with E-state index in [4.69, 9.17) is 4.74 Å². The Morgan fingerprint density at radius 3 is 2.57 bits per heavy atom. The monoisotopic (exact) mass is 317 g/mol. The highest BCUT2D eigenvalue weighted by molar-refractivity contribution is 7.89. The third kappa shape index (κ3) is 4.03. The summed E-state index contributed by atoms with van der Waals surface area (Å²) in [5, 5.41) is 4.16. The zero-order valence-electron chi connectivity index (χ0n) is 13.0. The summed E-state index contributed by atoms with van der Waals surface area (Å²) >= 11 is 0. The predicted molar refractivity (Wildman–Crippen MR) is 78.9 cm³/mol. The summed E-state index contributed by atoms with van der Waals surface area (Å²) in [5.41, 5.74) is 1.21. The highest BCUT2D eigenvalue weighted by Gasteiger charge is 2.23. The molecule has 0 aromatic carbocycles. The smallest absolute Gasteiger partial charge is 0.244 e. The Labute approximate surface area is 126 Å². The van der Waals surface area contributed by atoms with Crippen LogP contribution in [0.1, 0.15) is 17.8 Å². The minimum absolute atomic E-state index is 0.309. The summed E-state index contributed by atoms with van der Waals surface area (Å²) in [7, 11) is -1.72. The molecule has 0 atom stereocenters. The van der Waals surface area contributed by atoms with E-state index in [1.54, 1.807) is 25.6 Å². The second-order valence-electron chi connectivity index (χ2n) is 5.49. The topological polar surface area (TPSA) is 77.7 Å². The minimum Gasteiger partial charge on any atom is -0.370 e. The van der Waals surface area contributed by atoms with E-state index >= 15 is 0 Å². The molecule has 0 spiro atoms. The molecule has 0 aliphatic carbocycles. The molecule has 1 aromatic heterocycles. The summed E-state index contributed by atoms with van der Waals surface area (Å²) in [6, 6.07) is 0. The molecule has 7 nitrogen and oxygen atoms in total. The lowest BCUT2D eigenvalue weighted by molar-refractivity contribution is -0.908. The van der Waals surface area contributed by atoms with Gasteiger partial charge in [0.1, 0.15) is 18.0 Å². The molecule has 2 rings (SSSR count). The van der Waals surface area contributed by atoms with Crippen LogP contribution in [0.4, 0.5) is 0 Å². The molecule has 8 heteroatoms. The van der Waals surface area contributed by atoms with Gasteiger partial charge in [-0.1, -0.05) is 0 Å². The molecule has 0 bridgehead atoms. The number of rotatable bonds is 6. The van der Waals surface area contributed by atoms with Gasteiger partial charge in [0.25, 0.3) is 0 Å². The van der Waals surface area contributed by atoms with Crippen molar-refractivity contribution >= 4 is 10.0 Å². The SMILES string of the molecule is Cc1nn(C)c(C)c1S(=O)(=O)NCCC[NH+]1CCOCC1. The molecule has 1 aliphatic heterocycles. The van der Waals surface area contributed by atoms with Crippen molar-refractivity contribution in [1.82, 2.24) is 14.5 Å². The van der Waals surface area contributed by atoms with Crippen LogP contribution in [0.5, 0.6) is 0 Å². The largest absolute Gasteiger partial charge is 0.370 e. The molecule has 0 unspecified atom stereocenters. The maximum atomic E-state index is 12.3. The molecule has 0 saturated carbocycles. The molecule has 1 fully saturated rings. The summed E-state index contributed by atoms with van der Waals surface area (Å²) in [6.07, 6.45) is 0.826. The Morgan fingerprint density at radius 1 is 1.33 bits per heavy atom. The van der Waals surface area contributed by atoms with Crippen molar-refractivity contribution < 1.29 is 18.1 Å². The summed E-state index contributed by atoms with van der Waals surface area (Å²) in [6.45, 7) is 8.54. The Morgan fingerprint density at radius 2 is 2.00 bits per heavy atom. The summed E-state index contributed by atoms with van der Waals surface area (Å²) in [5.74, 6) is 0. The molecule has 2 N–H and O–H groups in total. The van der Waals surface area contributed by atoms with Gasteiger partial charge in [-0.2, -0.15) is 5.10 Å². The number of hydrogen-bond acceptors (Lipinski definition) is 4. The van der Waals surface area contributed by atoms with Gasteiger partial charge in [-0.15, -0.1) is 0 Å². The number of hydrogen-bond donors (Lipinski definition) is 2. The van der Waals surface area contributed by atoms with E-state index in [1.807, 2.05) is 0 Å². The lowest BCUT2D eigenvalue weighted by atomic mass is 10.3. The van der Waals surface area contributed by atoms with E-state index in [-0.39, 0.29) is 0 Å². The van der Waals surface area contributed by atoms with Crippen LogP contribution in [0.15, 0.2) is 4.90 Å². The Kier molecular flexibility index (Phi) is 5.37. The normalized spacial score (nSPS) is 17.3. The number of nitrogens with one attached hydrogen (secondary N) is 2. The Hall–Kier alpha value is -0.960. The van der Waals surface area contributed by atoms with Gasteiger partial charge < -0.3 is 9.64 Å². The van der Waals surface area contributed by atoms with Crippen LogP contribution in [0, 0.1) is 13.8 Å². The van der Waals surface area contributed by atoms with E-state index in [0.29, 0.717) is 22.8 Å². The van der Waals surface area contributed by atoms with Crippen LogP contribution in [-0.4, -0.2) is 57.6 Å². The van der Waals surface area contributed by atoms with Gasteiger partial charge in [0, 0.05) is 20.0 Å². The molecular formula is C13H25N4O3S+. The molecule has 120 valence electrons. The molecular weight excluding hydrogens is 292 g/mol. The highest BCUT2D eigenvalue weighted by Crippen LogP contribution is 2.17. The van der Waals surface area contributed by atoms with E-state index < -0.39 is 10.0 Å². The van der Waals surface area contributed by atoms with Crippen molar-refractivity contribution in [2.24, 2.45) is 7.05 Å². The van der Waals surface area contributed by atoms with Crippen molar-refractivity contribution in [1.29, 1.82) is 0 Å².